The van der Waals surface area contributed by atoms with E-state index in [2.05, 4.69) is 9.97 Å². The standard InChI is InChI=1S/C21H25F3N2O4S/c1-3-19(14-30-31(28,29)17-6-4-15(2)5-7-17)8-10-20(27,11-9-19)16-12-25-18(26-13-16)21(22,23)24/h4-7,12-13,27H,3,8-11,14H2,1-2H3. The van der Waals surface area contributed by atoms with Crippen molar-refractivity contribution >= 4 is 10.1 Å². The van der Waals surface area contributed by atoms with E-state index in [0.29, 0.717) is 19.3 Å². The molecule has 0 saturated heterocycles. The second-order valence-electron chi connectivity index (χ2n) is 8.21. The average molecular weight is 459 g/mol. The molecule has 2 aromatic rings. The van der Waals surface area contributed by atoms with Gasteiger partial charge in [0.1, 0.15) is 0 Å². The summed E-state index contributed by atoms with van der Waals surface area (Å²) in [5.74, 6) is -1.26. The molecule has 0 amide bonds. The lowest BCUT2D eigenvalue weighted by molar-refractivity contribution is -0.145. The highest BCUT2D eigenvalue weighted by Gasteiger charge is 2.43. The fourth-order valence-electron chi connectivity index (χ4n) is 3.77. The molecule has 1 N–H and O–H groups in total. The SMILES string of the molecule is CCC1(COS(=O)(=O)c2ccc(C)cc2)CCC(O)(c2cnc(C(F)(F)F)nc2)CC1. The molecule has 0 atom stereocenters. The first-order valence-corrected chi connectivity index (χ1v) is 11.4. The van der Waals surface area contributed by atoms with Crippen molar-refractivity contribution in [3.63, 3.8) is 0 Å². The minimum atomic E-state index is -4.65. The van der Waals surface area contributed by atoms with Gasteiger partial charge in [0.15, 0.2) is 0 Å². The number of halogens is 3. The maximum absolute atomic E-state index is 12.7. The molecule has 1 aliphatic rings. The Kier molecular flexibility index (Phi) is 6.46. The maximum atomic E-state index is 12.7. The molecule has 0 unspecified atom stereocenters. The van der Waals surface area contributed by atoms with Gasteiger partial charge in [-0.15, -0.1) is 0 Å². The van der Waals surface area contributed by atoms with Crippen molar-refractivity contribution in [2.24, 2.45) is 5.41 Å². The van der Waals surface area contributed by atoms with Gasteiger partial charge in [-0.3, -0.25) is 4.18 Å². The molecular formula is C21H25F3N2O4S. The number of hydrogen-bond acceptors (Lipinski definition) is 6. The van der Waals surface area contributed by atoms with E-state index in [9.17, 15) is 26.7 Å². The first-order chi connectivity index (χ1) is 14.4. The topological polar surface area (TPSA) is 89.4 Å². The largest absolute Gasteiger partial charge is 0.451 e. The van der Waals surface area contributed by atoms with Crippen molar-refractivity contribution in [3.05, 3.63) is 53.6 Å². The van der Waals surface area contributed by atoms with Crippen LogP contribution in [0.25, 0.3) is 0 Å². The Morgan fingerprint density at radius 1 is 1.06 bits per heavy atom. The minimum Gasteiger partial charge on any atom is -0.385 e. The van der Waals surface area contributed by atoms with Crippen LogP contribution in [0.15, 0.2) is 41.6 Å². The van der Waals surface area contributed by atoms with Gasteiger partial charge < -0.3 is 5.11 Å². The van der Waals surface area contributed by atoms with Gasteiger partial charge in [-0.05, 0) is 56.6 Å². The van der Waals surface area contributed by atoms with Crippen molar-refractivity contribution in [1.82, 2.24) is 9.97 Å². The number of rotatable bonds is 6. The normalized spacial score (nSPS) is 24.8. The number of aromatic nitrogens is 2. The Morgan fingerprint density at radius 3 is 2.10 bits per heavy atom. The zero-order valence-corrected chi connectivity index (χ0v) is 18.1. The van der Waals surface area contributed by atoms with Crippen LogP contribution in [0.2, 0.25) is 0 Å². The van der Waals surface area contributed by atoms with Crippen molar-refractivity contribution < 1.29 is 30.9 Å². The van der Waals surface area contributed by atoms with E-state index in [1.807, 2.05) is 13.8 Å². The molecule has 1 aromatic heterocycles. The van der Waals surface area contributed by atoms with E-state index in [4.69, 9.17) is 4.18 Å². The molecule has 0 bridgehead atoms. The van der Waals surface area contributed by atoms with E-state index in [0.717, 1.165) is 18.0 Å². The molecule has 0 aliphatic heterocycles. The Morgan fingerprint density at radius 2 is 1.61 bits per heavy atom. The maximum Gasteiger partial charge on any atom is 0.451 e. The molecule has 10 heteroatoms. The van der Waals surface area contributed by atoms with Crippen molar-refractivity contribution in [3.8, 4) is 0 Å². The highest BCUT2D eigenvalue weighted by atomic mass is 32.2. The van der Waals surface area contributed by atoms with Crippen LogP contribution in [0.3, 0.4) is 0 Å². The Bertz CT molecular complexity index is 998. The van der Waals surface area contributed by atoms with E-state index in [-0.39, 0.29) is 29.9 Å². The molecule has 6 nitrogen and oxygen atoms in total. The van der Waals surface area contributed by atoms with Crippen LogP contribution in [-0.2, 0) is 26.1 Å². The molecule has 1 fully saturated rings. The zero-order chi connectivity index (χ0) is 22.9. The van der Waals surface area contributed by atoms with Gasteiger partial charge in [0.2, 0.25) is 5.82 Å². The molecule has 0 spiro atoms. The van der Waals surface area contributed by atoms with Gasteiger partial charge >= 0.3 is 6.18 Å². The summed E-state index contributed by atoms with van der Waals surface area (Å²) in [7, 11) is -3.91. The van der Waals surface area contributed by atoms with E-state index in [1.165, 1.54) is 12.1 Å². The van der Waals surface area contributed by atoms with Gasteiger partial charge in [0.05, 0.1) is 17.1 Å². The number of alkyl halides is 3. The highest BCUT2D eigenvalue weighted by molar-refractivity contribution is 7.86. The summed E-state index contributed by atoms with van der Waals surface area (Å²) in [5.41, 5.74) is -0.670. The van der Waals surface area contributed by atoms with Gasteiger partial charge in [-0.1, -0.05) is 24.6 Å². The van der Waals surface area contributed by atoms with Gasteiger partial charge in [-0.2, -0.15) is 21.6 Å². The Labute approximate surface area is 179 Å². The molecule has 31 heavy (non-hydrogen) atoms. The summed E-state index contributed by atoms with van der Waals surface area (Å²) in [5, 5.41) is 11.0. The minimum absolute atomic E-state index is 0.0285. The lowest BCUT2D eigenvalue weighted by Gasteiger charge is -2.43. The van der Waals surface area contributed by atoms with Crippen LogP contribution in [-0.4, -0.2) is 30.1 Å². The predicted octanol–water partition coefficient (Wildman–Crippen LogP) is 4.37. The van der Waals surface area contributed by atoms with Crippen molar-refractivity contribution in [1.29, 1.82) is 0 Å². The fourth-order valence-corrected chi connectivity index (χ4v) is 4.78. The molecule has 3 rings (SSSR count). The van der Waals surface area contributed by atoms with E-state index >= 15 is 0 Å². The first kappa shape index (κ1) is 23.6. The summed E-state index contributed by atoms with van der Waals surface area (Å²) in [6.07, 6.45) is -0.622. The highest BCUT2D eigenvalue weighted by Crippen LogP contribution is 2.47. The lowest BCUT2D eigenvalue weighted by atomic mass is 9.66. The van der Waals surface area contributed by atoms with Crippen LogP contribution < -0.4 is 0 Å². The smallest absolute Gasteiger partial charge is 0.385 e. The van der Waals surface area contributed by atoms with Gasteiger partial charge in [-0.25, -0.2) is 9.97 Å². The number of aliphatic hydroxyl groups is 1. The number of aryl methyl sites for hydroxylation is 1. The van der Waals surface area contributed by atoms with Gasteiger partial charge in [0, 0.05) is 18.0 Å². The number of benzene rings is 1. The summed E-state index contributed by atoms with van der Waals surface area (Å²) in [6.45, 7) is 3.75. The molecule has 1 aromatic carbocycles. The summed E-state index contributed by atoms with van der Waals surface area (Å²) < 4.78 is 68.4. The average Bonchev–Trinajstić information content (AvgIpc) is 2.74. The van der Waals surface area contributed by atoms with Crippen LogP contribution in [0.1, 0.15) is 56.0 Å². The lowest BCUT2D eigenvalue weighted by Crippen LogP contribution is -2.40. The van der Waals surface area contributed by atoms with Crippen LogP contribution in [0.4, 0.5) is 13.2 Å². The summed E-state index contributed by atoms with van der Waals surface area (Å²) >= 11 is 0. The molecule has 170 valence electrons. The Balaban J connectivity index is 1.68. The number of nitrogens with zero attached hydrogens (tertiary/aromatic N) is 2. The first-order valence-electron chi connectivity index (χ1n) is 9.97. The zero-order valence-electron chi connectivity index (χ0n) is 17.3. The van der Waals surface area contributed by atoms with E-state index in [1.54, 1.807) is 12.1 Å². The third-order valence-electron chi connectivity index (χ3n) is 6.16. The van der Waals surface area contributed by atoms with E-state index < -0.39 is 33.1 Å². The fraction of sp³-hybridized carbons (Fsp3) is 0.524. The second kappa shape index (κ2) is 8.48. The number of hydrogen-bond donors (Lipinski definition) is 1. The van der Waals surface area contributed by atoms with Crippen molar-refractivity contribution in [2.75, 3.05) is 6.61 Å². The third-order valence-corrected chi connectivity index (χ3v) is 7.44. The summed E-state index contributed by atoms with van der Waals surface area (Å²) in [4.78, 5) is 6.75. The van der Waals surface area contributed by atoms with Crippen LogP contribution >= 0.6 is 0 Å². The molecule has 1 saturated carbocycles. The third kappa shape index (κ3) is 5.24. The summed E-state index contributed by atoms with van der Waals surface area (Å²) in [6, 6.07) is 6.37. The van der Waals surface area contributed by atoms with Crippen LogP contribution in [0, 0.1) is 12.3 Å². The monoisotopic (exact) mass is 458 g/mol. The van der Waals surface area contributed by atoms with Crippen molar-refractivity contribution in [2.45, 2.75) is 62.6 Å². The predicted molar refractivity (Wildman–Crippen MR) is 106 cm³/mol. The quantitative estimate of drug-likeness (QED) is 0.647. The van der Waals surface area contributed by atoms with Crippen LogP contribution in [0.5, 0.6) is 0 Å². The Hall–Kier alpha value is -2.04. The second-order valence-corrected chi connectivity index (χ2v) is 9.82. The molecule has 0 radical (unpaired) electrons. The molecule has 1 heterocycles. The molecule has 1 aliphatic carbocycles. The molecular weight excluding hydrogens is 433 g/mol. The van der Waals surface area contributed by atoms with Gasteiger partial charge in [0.25, 0.3) is 10.1 Å².